The van der Waals surface area contributed by atoms with E-state index in [1.54, 1.807) is 18.2 Å². The Labute approximate surface area is 162 Å². The summed E-state index contributed by atoms with van der Waals surface area (Å²) in [6, 6.07) is 12.9. The lowest BCUT2D eigenvalue weighted by Crippen LogP contribution is -2.48. The van der Waals surface area contributed by atoms with Crippen LogP contribution in [-0.2, 0) is 4.79 Å². The van der Waals surface area contributed by atoms with Crippen LogP contribution in [0.15, 0.2) is 42.5 Å². The third kappa shape index (κ3) is 5.02. The third-order valence-electron chi connectivity index (χ3n) is 4.13. The zero-order valence-electron chi connectivity index (χ0n) is 13.5. The van der Waals surface area contributed by atoms with Crippen LogP contribution >= 0.6 is 34.8 Å². The second-order valence-corrected chi connectivity index (χ2v) is 7.17. The first-order valence-electron chi connectivity index (χ1n) is 7.99. The minimum Gasteiger partial charge on any atom is -0.369 e. The van der Waals surface area contributed by atoms with Gasteiger partial charge in [0.15, 0.2) is 0 Å². The lowest BCUT2D eigenvalue weighted by atomic mass is 10.2. The van der Waals surface area contributed by atoms with Crippen molar-refractivity contribution in [2.24, 2.45) is 0 Å². The van der Waals surface area contributed by atoms with Crippen molar-refractivity contribution in [1.29, 1.82) is 0 Å². The van der Waals surface area contributed by atoms with Crippen LogP contribution in [0.3, 0.4) is 0 Å². The maximum atomic E-state index is 12.2. The van der Waals surface area contributed by atoms with Gasteiger partial charge in [0.1, 0.15) is 0 Å². The normalized spacial score (nSPS) is 15.2. The summed E-state index contributed by atoms with van der Waals surface area (Å²) in [6.07, 6.45) is 0. The Morgan fingerprint density at radius 1 is 0.920 bits per heavy atom. The maximum Gasteiger partial charge on any atom is 0.238 e. The zero-order valence-corrected chi connectivity index (χ0v) is 15.8. The quantitative estimate of drug-likeness (QED) is 0.829. The van der Waals surface area contributed by atoms with Crippen LogP contribution in [0.25, 0.3) is 0 Å². The molecule has 1 fully saturated rings. The fourth-order valence-corrected chi connectivity index (χ4v) is 3.22. The molecule has 7 heteroatoms. The van der Waals surface area contributed by atoms with Gasteiger partial charge in [-0.15, -0.1) is 0 Å². The summed E-state index contributed by atoms with van der Waals surface area (Å²) >= 11 is 17.8. The van der Waals surface area contributed by atoms with Gasteiger partial charge in [0.2, 0.25) is 5.91 Å². The van der Waals surface area contributed by atoms with Crippen LogP contribution in [-0.4, -0.2) is 43.5 Å². The largest absolute Gasteiger partial charge is 0.369 e. The van der Waals surface area contributed by atoms with Gasteiger partial charge in [-0.2, -0.15) is 0 Å². The molecule has 0 spiro atoms. The number of anilines is 2. The molecular weight excluding hydrogens is 381 g/mol. The van der Waals surface area contributed by atoms with Crippen LogP contribution < -0.4 is 10.2 Å². The number of hydrogen-bond donors (Lipinski definition) is 1. The average molecular weight is 399 g/mol. The second-order valence-electron chi connectivity index (χ2n) is 5.92. The van der Waals surface area contributed by atoms with Gasteiger partial charge >= 0.3 is 0 Å². The smallest absolute Gasteiger partial charge is 0.238 e. The number of benzene rings is 2. The highest BCUT2D eigenvalue weighted by atomic mass is 35.5. The minimum absolute atomic E-state index is 0.0571. The predicted octanol–water partition coefficient (Wildman–Crippen LogP) is 4.41. The Hall–Kier alpha value is -1.46. The zero-order chi connectivity index (χ0) is 17.8. The average Bonchev–Trinajstić information content (AvgIpc) is 2.60. The summed E-state index contributed by atoms with van der Waals surface area (Å²) in [4.78, 5) is 16.6. The third-order valence-corrected chi connectivity index (χ3v) is 5.13. The van der Waals surface area contributed by atoms with Crippen molar-refractivity contribution in [3.8, 4) is 0 Å². The summed E-state index contributed by atoms with van der Waals surface area (Å²) in [7, 11) is 0. The van der Waals surface area contributed by atoms with Crippen molar-refractivity contribution in [2.75, 3.05) is 42.9 Å². The highest BCUT2D eigenvalue weighted by Crippen LogP contribution is 2.25. The van der Waals surface area contributed by atoms with Gasteiger partial charge in [-0.3, -0.25) is 9.69 Å². The molecular formula is C18H18Cl3N3O. The number of rotatable bonds is 4. The highest BCUT2D eigenvalue weighted by molar-refractivity contribution is 6.42. The Kier molecular flexibility index (Phi) is 6.07. The highest BCUT2D eigenvalue weighted by Gasteiger charge is 2.19. The van der Waals surface area contributed by atoms with Crippen LogP contribution in [0.2, 0.25) is 15.1 Å². The fraction of sp³-hybridized carbons (Fsp3) is 0.278. The van der Waals surface area contributed by atoms with Gasteiger partial charge in [0, 0.05) is 42.6 Å². The van der Waals surface area contributed by atoms with E-state index in [4.69, 9.17) is 34.8 Å². The van der Waals surface area contributed by atoms with Gasteiger partial charge in [0.05, 0.1) is 16.6 Å². The molecule has 0 atom stereocenters. The molecule has 4 nitrogen and oxygen atoms in total. The first-order valence-corrected chi connectivity index (χ1v) is 9.12. The summed E-state index contributed by atoms with van der Waals surface area (Å²) in [6.45, 7) is 3.77. The molecule has 132 valence electrons. The lowest BCUT2D eigenvalue weighted by molar-refractivity contribution is -0.117. The number of nitrogens with zero attached hydrogens (tertiary/aromatic N) is 2. The number of carbonyl (C=O) groups is 1. The predicted molar refractivity (Wildman–Crippen MR) is 105 cm³/mol. The number of amides is 1. The van der Waals surface area contributed by atoms with Crippen LogP contribution in [0, 0.1) is 0 Å². The Morgan fingerprint density at radius 2 is 1.60 bits per heavy atom. The molecule has 0 aromatic heterocycles. The van der Waals surface area contributed by atoms with Crippen molar-refractivity contribution >= 4 is 52.1 Å². The van der Waals surface area contributed by atoms with E-state index in [9.17, 15) is 4.79 Å². The van der Waals surface area contributed by atoms with E-state index in [2.05, 4.69) is 15.1 Å². The Morgan fingerprint density at radius 3 is 2.24 bits per heavy atom. The van der Waals surface area contributed by atoms with Gasteiger partial charge in [-0.25, -0.2) is 0 Å². The molecule has 1 N–H and O–H groups in total. The second kappa shape index (κ2) is 8.28. The molecule has 1 aliphatic rings. The SMILES string of the molecule is O=C(CN1CCN(c2ccc(Cl)cc2)CC1)Nc1ccc(Cl)c(Cl)c1. The summed E-state index contributed by atoms with van der Waals surface area (Å²) in [5.41, 5.74) is 1.81. The molecule has 2 aromatic carbocycles. The number of halogens is 3. The van der Waals surface area contributed by atoms with Gasteiger partial charge in [0.25, 0.3) is 0 Å². The first-order chi connectivity index (χ1) is 12.0. The summed E-state index contributed by atoms with van der Waals surface area (Å²) in [5, 5.41) is 4.49. The monoisotopic (exact) mass is 397 g/mol. The molecule has 0 aliphatic carbocycles. The van der Waals surface area contributed by atoms with Crippen molar-refractivity contribution in [3.05, 3.63) is 57.5 Å². The molecule has 0 saturated carbocycles. The molecule has 0 radical (unpaired) electrons. The van der Waals surface area contributed by atoms with E-state index in [1.807, 2.05) is 24.3 Å². The standard InChI is InChI=1S/C18H18Cl3N3O/c19-13-1-4-15(5-2-13)24-9-7-23(8-10-24)12-18(25)22-14-3-6-16(20)17(21)11-14/h1-6,11H,7-10,12H2,(H,22,25). The lowest BCUT2D eigenvalue weighted by Gasteiger charge is -2.35. The number of nitrogens with one attached hydrogen (secondary N) is 1. The van der Waals surface area contributed by atoms with Crippen LogP contribution in [0.5, 0.6) is 0 Å². The van der Waals surface area contributed by atoms with E-state index >= 15 is 0 Å². The number of piperazine rings is 1. The molecule has 25 heavy (non-hydrogen) atoms. The molecule has 0 unspecified atom stereocenters. The van der Waals surface area contributed by atoms with E-state index in [1.165, 1.54) is 0 Å². The number of carbonyl (C=O) groups excluding carboxylic acids is 1. The molecule has 1 saturated heterocycles. The fourth-order valence-electron chi connectivity index (χ4n) is 2.79. The maximum absolute atomic E-state index is 12.2. The molecule has 1 heterocycles. The molecule has 3 rings (SSSR count). The van der Waals surface area contributed by atoms with E-state index in [-0.39, 0.29) is 5.91 Å². The summed E-state index contributed by atoms with van der Waals surface area (Å²) < 4.78 is 0. The van der Waals surface area contributed by atoms with Crippen molar-refractivity contribution in [3.63, 3.8) is 0 Å². The van der Waals surface area contributed by atoms with Gasteiger partial charge < -0.3 is 10.2 Å². The number of hydrogen-bond acceptors (Lipinski definition) is 3. The summed E-state index contributed by atoms with van der Waals surface area (Å²) in [5.74, 6) is -0.0571. The Balaban J connectivity index is 1.49. The van der Waals surface area contributed by atoms with E-state index < -0.39 is 0 Å². The van der Waals surface area contributed by atoms with Crippen molar-refractivity contribution in [1.82, 2.24) is 4.90 Å². The molecule has 2 aromatic rings. The van der Waals surface area contributed by atoms with Crippen LogP contribution in [0.1, 0.15) is 0 Å². The topological polar surface area (TPSA) is 35.6 Å². The van der Waals surface area contributed by atoms with Crippen LogP contribution in [0.4, 0.5) is 11.4 Å². The van der Waals surface area contributed by atoms with Crippen molar-refractivity contribution < 1.29 is 4.79 Å². The van der Waals surface area contributed by atoms with Gasteiger partial charge in [-0.05, 0) is 42.5 Å². The Bertz CT molecular complexity index is 744. The molecule has 1 aliphatic heterocycles. The first kappa shape index (κ1) is 18.3. The van der Waals surface area contributed by atoms with E-state index in [0.717, 1.165) is 36.9 Å². The van der Waals surface area contributed by atoms with Crippen molar-refractivity contribution in [2.45, 2.75) is 0 Å². The molecule has 0 bridgehead atoms. The van der Waals surface area contributed by atoms with Gasteiger partial charge in [-0.1, -0.05) is 34.8 Å². The van der Waals surface area contributed by atoms with E-state index in [0.29, 0.717) is 22.3 Å². The molecule has 1 amide bonds. The minimum atomic E-state index is -0.0571.